The molecule has 2 rings (SSSR count). The highest BCUT2D eigenvalue weighted by molar-refractivity contribution is 5.99. The molecule has 0 saturated heterocycles. The van der Waals surface area contributed by atoms with Gasteiger partial charge in [-0.3, -0.25) is 4.79 Å². The van der Waals surface area contributed by atoms with Crippen LogP contribution in [-0.4, -0.2) is 26.5 Å². The molecule has 4 nitrogen and oxygen atoms in total. The van der Waals surface area contributed by atoms with E-state index in [4.69, 9.17) is 9.47 Å². The first kappa shape index (κ1) is 16.8. The number of methoxy groups -OCH3 is 2. The number of anilines is 1. The summed E-state index contributed by atoms with van der Waals surface area (Å²) in [6.07, 6.45) is 0.703. The number of benzene rings is 2. The summed E-state index contributed by atoms with van der Waals surface area (Å²) in [5.74, 6) is 0.540. The number of rotatable bonds is 7. The van der Waals surface area contributed by atoms with E-state index in [0.29, 0.717) is 30.2 Å². The Bertz CT molecular complexity index is 701. The number of nitrogens with one attached hydrogen (secondary N) is 1. The second-order valence-corrected chi connectivity index (χ2v) is 5.08. The molecule has 2 aromatic carbocycles. The highest BCUT2D eigenvalue weighted by atomic mass is 19.1. The molecule has 0 fully saturated rings. The maximum absolute atomic E-state index is 13.7. The zero-order chi connectivity index (χ0) is 16.8. The number of hydrogen-bond donors (Lipinski definition) is 1. The number of carbonyl (C=O) groups is 1. The summed E-state index contributed by atoms with van der Waals surface area (Å²) in [6.45, 7) is 1.93. The zero-order valence-corrected chi connectivity index (χ0v) is 13.5. The van der Waals surface area contributed by atoms with Crippen LogP contribution in [0.1, 0.15) is 22.8 Å². The highest BCUT2D eigenvalue weighted by Crippen LogP contribution is 2.27. The largest absolute Gasteiger partial charge is 0.493 e. The minimum atomic E-state index is -0.506. The molecule has 122 valence electrons. The first-order chi connectivity index (χ1) is 11.1. The normalized spacial score (nSPS) is 10.3. The van der Waals surface area contributed by atoms with Gasteiger partial charge in [0.25, 0.3) is 0 Å². The van der Waals surface area contributed by atoms with Gasteiger partial charge in [0.2, 0.25) is 0 Å². The van der Waals surface area contributed by atoms with Crippen molar-refractivity contribution in [2.24, 2.45) is 0 Å². The topological polar surface area (TPSA) is 47.6 Å². The molecule has 0 aliphatic rings. The predicted molar refractivity (Wildman–Crippen MR) is 88.1 cm³/mol. The van der Waals surface area contributed by atoms with E-state index < -0.39 is 5.82 Å². The van der Waals surface area contributed by atoms with Crippen LogP contribution in [-0.2, 0) is 6.42 Å². The molecule has 0 heterocycles. The van der Waals surface area contributed by atoms with E-state index in [1.165, 1.54) is 13.0 Å². The molecular formula is C18H20FNO3. The van der Waals surface area contributed by atoms with E-state index in [2.05, 4.69) is 5.32 Å². The van der Waals surface area contributed by atoms with Crippen LogP contribution in [0.5, 0.6) is 11.5 Å². The molecule has 0 aromatic heterocycles. The molecule has 23 heavy (non-hydrogen) atoms. The molecule has 0 radical (unpaired) electrons. The first-order valence-corrected chi connectivity index (χ1v) is 7.31. The van der Waals surface area contributed by atoms with Crippen molar-refractivity contribution < 1.29 is 18.7 Å². The molecule has 0 unspecified atom stereocenters. The van der Waals surface area contributed by atoms with Gasteiger partial charge in [-0.05, 0) is 43.2 Å². The van der Waals surface area contributed by atoms with Gasteiger partial charge in [0.05, 0.1) is 19.8 Å². The molecule has 0 bridgehead atoms. The van der Waals surface area contributed by atoms with Gasteiger partial charge in [0.1, 0.15) is 5.82 Å². The Kier molecular flexibility index (Phi) is 5.57. The number of ketones is 1. The average Bonchev–Trinajstić information content (AvgIpc) is 2.54. The molecule has 0 aliphatic heterocycles. The fourth-order valence-corrected chi connectivity index (χ4v) is 2.41. The lowest BCUT2D eigenvalue weighted by Crippen LogP contribution is -2.10. The van der Waals surface area contributed by atoms with E-state index in [1.54, 1.807) is 26.4 Å². The van der Waals surface area contributed by atoms with Crippen molar-refractivity contribution in [2.45, 2.75) is 13.3 Å². The number of carbonyl (C=O) groups excluding carboxylic acids is 1. The minimum absolute atomic E-state index is 0.0970. The minimum Gasteiger partial charge on any atom is -0.493 e. The second kappa shape index (κ2) is 7.63. The van der Waals surface area contributed by atoms with Crippen molar-refractivity contribution in [3.8, 4) is 11.5 Å². The third kappa shape index (κ3) is 4.00. The van der Waals surface area contributed by atoms with Crippen LogP contribution in [0.25, 0.3) is 0 Å². The summed E-state index contributed by atoms with van der Waals surface area (Å²) in [6, 6.07) is 10.3. The lowest BCUT2D eigenvalue weighted by atomic mass is 10.1. The van der Waals surface area contributed by atoms with Gasteiger partial charge in [0.15, 0.2) is 17.3 Å². The lowest BCUT2D eigenvalue weighted by molar-refractivity contribution is 0.101. The van der Waals surface area contributed by atoms with Gasteiger partial charge in [-0.2, -0.15) is 0 Å². The van der Waals surface area contributed by atoms with Crippen LogP contribution in [0.15, 0.2) is 36.4 Å². The van der Waals surface area contributed by atoms with Crippen molar-refractivity contribution in [1.82, 2.24) is 0 Å². The van der Waals surface area contributed by atoms with Gasteiger partial charge in [0, 0.05) is 12.2 Å². The maximum Gasteiger partial charge on any atom is 0.164 e. The van der Waals surface area contributed by atoms with E-state index in [1.807, 2.05) is 18.2 Å². The average molecular weight is 317 g/mol. The van der Waals surface area contributed by atoms with Crippen LogP contribution in [0.4, 0.5) is 10.1 Å². The fourth-order valence-electron chi connectivity index (χ4n) is 2.41. The van der Waals surface area contributed by atoms with E-state index in [9.17, 15) is 9.18 Å². The SMILES string of the molecule is COc1ccc(CCNc2cccc(F)c2C(C)=O)cc1OC. The number of Topliss-reactive ketones (excluding diaryl/α,β-unsaturated/α-hetero) is 1. The quantitative estimate of drug-likeness (QED) is 0.791. The molecule has 0 amide bonds. The summed E-state index contributed by atoms with van der Waals surface area (Å²) in [4.78, 5) is 11.6. The van der Waals surface area contributed by atoms with Crippen molar-refractivity contribution in [3.05, 3.63) is 53.3 Å². The maximum atomic E-state index is 13.7. The van der Waals surface area contributed by atoms with Crippen LogP contribution in [0.3, 0.4) is 0 Å². The monoisotopic (exact) mass is 317 g/mol. The van der Waals surface area contributed by atoms with Crippen molar-refractivity contribution >= 4 is 11.5 Å². The molecule has 0 aliphatic carbocycles. The van der Waals surface area contributed by atoms with Gasteiger partial charge < -0.3 is 14.8 Å². The Hall–Kier alpha value is -2.56. The van der Waals surface area contributed by atoms with Gasteiger partial charge in [-0.25, -0.2) is 4.39 Å². The molecule has 0 atom stereocenters. The van der Waals surface area contributed by atoms with E-state index in [0.717, 1.165) is 5.56 Å². The van der Waals surface area contributed by atoms with E-state index >= 15 is 0 Å². The summed E-state index contributed by atoms with van der Waals surface area (Å²) < 4.78 is 24.2. The van der Waals surface area contributed by atoms with Crippen LogP contribution in [0, 0.1) is 5.82 Å². The number of halogens is 1. The molecule has 2 aromatic rings. The smallest absolute Gasteiger partial charge is 0.164 e. The Morgan fingerprint density at radius 2 is 1.87 bits per heavy atom. The van der Waals surface area contributed by atoms with Crippen LogP contribution >= 0.6 is 0 Å². The second-order valence-electron chi connectivity index (χ2n) is 5.08. The standard InChI is InChI=1S/C18H20FNO3/c1-12(21)18-14(19)5-4-6-15(18)20-10-9-13-7-8-16(22-2)17(11-13)23-3/h4-8,11,20H,9-10H2,1-3H3. The Morgan fingerprint density at radius 3 is 2.52 bits per heavy atom. The van der Waals surface area contributed by atoms with Gasteiger partial charge in [-0.15, -0.1) is 0 Å². The lowest BCUT2D eigenvalue weighted by Gasteiger charge is -2.12. The van der Waals surface area contributed by atoms with Crippen LogP contribution in [0.2, 0.25) is 0 Å². The zero-order valence-electron chi connectivity index (χ0n) is 13.5. The Morgan fingerprint density at radius 1 is 1.13 bits per heavy atom. The predicted octanol–water partition coefficient (Wildman–Crippen LogP) is 3.70. The number of ether oxygens (including phenoxy) is 2. The summed E-state index contributed by atoms with van der Waals surface area (Å²) in [5, 5.41) is 3.12. The summed E-state index contributed by atoms with van der Waals surface area (Å²) in [7, 11) is 3.18. The molecule has 0 saturated carbocycles. The van der Waals surface area contributed by atoms with Gasteiger partial charge >= 0.3 is 0 Å². The highest BCUT2D eigenvalue weighted by Gasteiger charge is 2.12. The molecular weight excluding hydrogens is 297 g/mol. The third-order valence-corrected chi connectivity index (χ3v) is 3.54. The van der Waals surface area contributed by atoms with Crippen LogP contribution < -0.4 is 14.8 Å². The van der Waals surface area contributed by atoms with Crippen molar-refractivity contribution in [2.75, 3.05) is 26.1 Å². The van der Waals surface area contributed by atoms with E-state index in [-0.39, 0.29) is 11.3 Å². The fraction of sp³-hybridized carbons (Fsp3) is 0.278. The third-order valence-electron chi connectivity index (χ3n) is 3.54. The molecule has 1 N–H and O–H groups in total. The van der Waals surface area contributed by atoms with Gasteiger partial charge in [-0.1, -0.05) is 12.1 Å². The van der Waals surface area contributed by atoms with Crippen molar-refractivity contribution in [3.63, 3.8) is 0 Å². The summed E-state index contributed by atoms with van der Waals surface area (Å²) >= 11 is 0. The number of hydrogen-bond acceptors (Lipinski definition) is 4. The summed E-state index contributed by atoms with van der Waals surface area (Å²) in [5.41, 5.74) is 1.66. The molecule has 5 heteroatoms. The van der Waals surface area contributed by atoms with Crippen molar-refractivity contribution in [1.29, 1.82) is 0 Å². The Labute approximate surface area is 135 Å². The Balaban J connectivity index is 2.06. The first-order valence-electron chi connectivity index (χ1n) is 7.31. The molecule has 0 spiro atoms.